The summed E-state index contributed by atoms with van der Waals surface area (Å²) in [5, 5.41) is 10.8. The van der Waals surface area contributed by atoms with E-state index in [-0.39, 0.29) is 12.0 Å². The lowest BCUT2D eigenvalue weighted by Gasteiger charge is -2.37. The number of nitrogens with zero attached hydrogens (tertiary/aromatic N) is 3. The van der Waals surface area contributed by atoms with Crippen molar-refractivity contribution in [1.82, 2.24) is 9.96 Å². The van der Waals surface area contributed by atoms with E-state index in [4.69, 9.17) is 16.3 Å². The van der Waals surface area contributed by atoms with Gasteiger partial charge in [0.1, 0.15) is 0 Å². The number of benzene rings is 2. The van der Waals surface area contributed by atoms with Gasteiger partial charge in [0.15, 0.2) is 0 Å². The largest absolute Gasteiger partial charge is 0.373 e. The first-order chi connectivity index (χ1) is 14.5. The fraction of sp³-hybridized carbons (Fsp3) is 0.435. The standard InChI is InChI=1S/C23H28ClN3O3/c1-25(29)23(28)18-2-7-21-17(16-18)9-15-30-22(21)8-10-26-11-13-27(14-12-26)20-5-3-19(24)4-6-20/h2-7,16,22,29H,8-15H2,1H3. The van der Waals surface area contributed by atoms with Crippen LogP contribution in [0.3, 0.4) is 0 Å². The average molecular weight is 430 g/mol. The summed E-state index contributed by atoms with van der Waals surface area (Å²) in [7, 11) is 1.35. The van der Waals surface area contributed by atoms with Gasteiger partial charge in [0, 0.05) is 56.0 Å². The molecule has 2 aromatic carbocycles. The highest BCUT2D eigenvalue weighted by molar-refractivity contribution is 6.30. The van der Waals surface area contributed by atoms with Crippen LogP contribution in [0.5, 0.6) is 0 Å². The number of halogens is 1. The van der Waals surface area contributed by atoms with E-state index < -0.39 is 0 Å². The molecule has 1 N–H and O–H groups in total. The van der Waals surface area contributed by atoms with Crippen LogP contribution < -0.4 is 4.90 Å². The number of carbonyl (C=O) groups is 1. The Bertz CT molecular complexity index is 880. The highest BCUT2D eigenvalue weighted by atomic mass is 35.5. The van der Waals surface area contributed by atoms with Crippen molar-refractivity contribution >= 4 is 23.2 Å². The van der Waals surface area contributed by atoms with E-state index in [1.54, 1.807) is 6.07 Å². The first-order valence-corrected chi connectivity index (χ1v) is 10.8. The number of hydrogen-bond donors (Lipinski definition) is 1. The predicted molar refractivity (Wildman–Crippen MR) is 117 cm³/mol. The van der Waals surface area contributed by atoms with Crippen LogP contribution in [0.4, 0.5) is 5.69 Å². The van der Waals surface area contributed by atoms with Crippen molar-refractivity contribution in [2.75, 3.05) is 51.3 Å². The lowest BCUT2D eigenvalue weighted by atomic mass is 9.93. The summed E-state index contributed by atoms with van der Waals surface area (Å²) < 4.78 is 6.05. The second-order valence-corrected chi connectivity index (χ2v) is 8.38. The van der Waals surface area contributed by atoms with Gasteiger partial charge in [0.05, 0.1) is 12.7 Å². The molecule has 1 atom stereocenters. The minimum absolute atomic E-state index is 0.0547. The van der Waals surface area contributed by atoms with E-state index in [0.717, 1.165) is 61.7 Å². The minimum Gasteiger partial charge on any atom is -0.373 e. The van der Waals surface area contributed by atoms with Crippen molar-refractivity contribution in [2.24, 2.45) is 0 Å². The van der Waals surface area contributed by atoms with Crippen molar-refractivity contribution in [3.8, 4) is 0 Å². The lowest BCUT2D eigenvalue weighted by molar-refractivity contribution is -0.0375. The molecule has 2 aromatic rings. The molecule has 0 aromatic heterocycles. The van der Waals surface area contributed by atoms with Gasteiger partial charge in [0.2, 0.25) is 0 Å². The predicted octanol–water partition coefficient (Wildman–Crippen LogP) is 3.63. The second kappa shape index (κ2) is 9.35. The molecule has 6 nitrogen and oxygen atoms in total. The van der Waals surface area contributed by atoms with Crippen LogP contribution >= 0.6 is 11.6 Å². The van der Waals surface area contributed by atoms with Crippen LogP contribution in [0.25, 0.3) is 0 Å². The van der Waals surface area contributed by atoms with Crippen LogP contribution in [-0.2, 0) is 11.2 Å². The molecule has 0 aliphatic carbocycles. The highest BCUT2D eigenvalue weighted by Gasteiger charge is 2.24. The zero-order valence-electron chi connectivity index (χ0n) is 17.3. The van der Waals surface area contributed by atoms with Gasteiger partial charge in [-0.2, -0.15) is 0 Å². The van der Waals surface area contributed by atoms with E-state index >= 15 is 0 Å². The molecule has 4 rings (SSSR count). The normalized spacial score (nSPS) is 19.4. The summed E-state index contributed by atoms with van der Waals surface area (Å²) >= 11 is 5.99. The Hall–Kier alpha value is -2.12. The molecule has 2 aliphatic heterocycles. The molecule has 2 aliphatic rings. The summed E-state index contributed by atoms with van der Waals surface area (Å²) in [6, 6.07) is 13.7. The number of amides is 1. The number of fused-ring (bicyclic) bond motifs is 1. The van der Waals surface area contributed by atoms with Gasteiger partial charge in [-0.1, -0.05) is 17.7 Å². The summed E-state index contributed by atoms with van der Waals surface area (Å²) in [4.78, 5) is 16.9. The van der Waals surface area contributed by atoms with E-state index in [1.807, 2.05) is 24.3 Å². The third-order valence-corrected chi connectivity index (χ3v) is 6.24. The number of hydrogen-bond acceptors (Lipinski definition) is 5. The maximum atomic E-state index is 12.0. The summed E-state index contributed by atoms with van der Waals surface area (Å²) in [5.74, 6) is -0.389. The molecule has 30 heavy (non-hydrogen) atoms. The van der Waals surface area contributed by atoms with Gasteiger partial charge >= 0.3 is 0 Å². The third kappa shape index (κ3) is 4.78. The van der Waals surface area contributed by atoms with Gasteiger partial charge in [0.25, 0.3) is 5.91 Å². The number of carbonyl (C=O) groups excluding carboxylic acids is 1. The van der Waals surface area contributed by atoms with E-state index in [9.17, 15) is 10.0 Å². The van der Waals surface area contributed by atoms with Gasteiger partial charge in [-0.15, -0.1) is 0 Å². The molecular weight excluding hydrogens is 402 g/mol. The summed E-state index contributed by atoms with van der Waals surface area (Å²) in [6.45, 7) is 5.71. The monoisotopic (exact) mass is 429 g/mol. The zero-order chi connectivity index (χ0) is 21.1. The molecule has 0 saturated carbocycles. The molecule has 1 amide bonds. The molecule has 7 heteroatoms. The molecule has 1 unspecified atom stereocenters. The summed E-state index contributed by atoms with van der Waals surface area (Å²) in [6.07, 6.45) is 1.78. The van der Waals surface area contributed by atoms with Crippen molar-refractivity contribution in [3.05, 3.63) is 64.2 Å². The molecule has 0 radical (unpaired) electrons. The quantitative estimate of drug-likeness (QED) is 0.581. The van der Waals surface area contributed by atoms with Gasteiger partial charge in [-0.05, 0) is 60.4 Å². The molecule has 1 fully saturated rings. The molecule has 2 heterocycles. The van der Waals surface area contributed by atoms with Gasteiger partial charge < -0.3 is 9.64 Å². The van der Waals surface area contributed by atoms with Crippen LogP contribution in [0.1, 0.15) is 34.0 Å². The van der Waals surface area contributed by atoms with Gasteiger partial charge in [-0.3, -0.25) is 14.9 Å². The SMILES string of the molecule is CN(O)C(=O)c1ccc2c(c1)CCOC2CCN1CCN(c2ccc(Cl)cc2)CC1. The molecular formula is C23H28ClN3O3. The molecule has 160 valence electrons. The van der Waals surface area contributed by atoms with Crippen LogP contribution in [0, 0.1) is 0 Å². The first kappa shape index (κ1) is 21.1. The fourth-order valence-corrected chi connectivity index (χ4v) is 4.40. The Kier molecular flexibility index (Phi) is 6.58. The average Bonchev–Trinajstić information content (AvgIpc) is 2.77. The smallest absolute Gasteiger partial charge is 0.276 e. The molecule has 0 spiro atoms. The Labute approximate surface area is 182 Å². The molecule has 1 saturated heterocycles. The van der Waals surface area contributed by atoms with Crippen molar-refractivity contribution < 1.29 is 14.7 Å². The number of hydroxylamine groups is 2. The Balaban J connectivity index is 1.32. The lowest BCUT2D eigenvalue weighted by Crippen LogP contribution is -2.46. The minimum atomic E-state index is -0.389. The van der Waals surface area contributed by atoms with Crippen molar-refractivity contribution in [2.45, 2.75) is 18.9 Å². The summed E-state index contributed by atoms with van der Waals surface area (Å²) in [5.41, 5.74) is 4.05. The fourth-order valence-electron chi connectivity index (χ4n) is 4.28. The number of piperazine rings is 1. The Morgan fingerprint density at radius 1 is 1.17 bits per heavy atom. The Morgan fingerprint density at radius 3 is 2.60 bits per heavy atom. The van der Waals surface area contributed by atoms with Crippen LogP contribution in [0.15, 0.2) is 42.5 Å². The van der Waals surface area contributed by atoms with Gasteiger partial charge in [-0.25, -0.2) is 5.06 Å². The van der Waals surface area contributed by atoms with Crippen LogP contribution in [-0.4, -0.2) is 67.5 Å². The van der Waals surface area contributed by atoms with Crippen molar-refractivity contribution in [1.29, 1.82) is 0 Å². The number of ether oxygens (including phenoxy) is 1. The number of rotatable bonds is 5. The van der Waals surface area contributed by atoms with Crippen LogP contribution in [0.2, 0.25) is 5.02 Å². The molecule has 0 bridgehead atoms. The second-order valence-electron chi connectivity index (χ2n) is 7.95. The first-order valence-electron chi connectivity index (χ1n) is 10.5. The van der Waals surface area contributed by atoms with Crippen molar-refractivity contribution in [3.63, 3.8) is 0 Å². The zero-order valence-corrected chi connectivity index (χ0v) is 18.0. The number of anilines is 1. The van der Waals surface area contributed by atoms with E-state index in [0.29, 0.717) is 17.2 Å². The maximum absolute atomic E-state index is 12.0. The van der Waals surface area contributed by atoms with E-state index in [1.165, 1.54) is 12.7 Å². The highest BCUT2D eigenvalue weighted by Crippen LogP contribution is 2.31. The topological polar surface area (TPSA) is 56.2 Å². The third-order valence-electron chi connectivity index (χ3n) is 5.99. The Morgan fingerprint density at radius 2 is 1.90 bits per heavy atom. The maximum Gasteiger partial charge on any atom is 0.276 e. The van der Waals surface area contributed by atoms with E-state index in [2.05, 4.69) is 21.9 Å².